The van der Waals surface area contributed by atoms with Gasteiger partial charge in [-0.3, -0.25) is 14.4 Å². The smallest absolute Gasteiger partial charge is 0.313 e. The molecule has 0 saturated carbocycles. The van der Waals surface area contributed by atoms with Crippen LogP contribution in [0.1, 0.15) is 19.0 Å². The Morgan fingerprint density at radius 1 is 1.49 bits per heavy atom. The number of β-lactam (4-membered cyclic amide) rings is 1. The SMILES string of the molecule is CCCON=C(C(=O)NC1C(=O)N2CC(CSc3nnnn3C)(C(=O)O)CS[C@H]12)c1csc(N)n1. The van der Waals surface area contributed by atoms with E-state index >= 15 is 0 Å². The number of hydrogen-bond acceptors (Lipinski definition) is 13. The second-order valence-electron chi connectivity index (χ2n) is 7.92. The fourth-order valence-corrected chi connectivity index (χ4v) is 6.72. The van der Waals surface area contributed by atoms with Gasteiger partial charge in [0.05, 0.1) is 0 Å². The molecular weight excluding hydrogens is 518 g/mol. The molecule has 2 aromatic heterocycles. The molecule has 0 spiro atoms. The van der Waals surface area contributed by atoms with Crippen LogP contribution in [0.4, 0.5) is 5.13 Å². The number of rotatable bonds is 10. The Bertz CT molecular complexity index is 1150. The van der Waals surface area contributed by atoms with Crippen molar-refractivity contribution in [3.05, 3.63) is 11.1 Å². The Labute approximate surface area is 212 Å². The Hall–Kier alpha value is -2.92. The van der Waals surface area contributed by atoms with Crippen molar-refractivity contribution in [3.63, 3.8) is 0 Å². The second kappa shape index (κ2) is 10.4. The van der Waals surface area contributed by atoms with Crippen molar-refractivity contribution in [3.8, 4) is 0 Å². The lowest BCUT2D eigenvalue weighted by atomic mass is 9.89. The van der Waals surface area contributed by atoms with Crippen LogP contribution in [-0.2, 0) is 26.3 Å². The number of thiazole rings is 1. The standard InChI is InChI=1S/C18H23N9O5S3/c1-3-4-32-23-10(9-5-33-16(19)20-9)12(28)21-11-13(29)27-6-18(15(30)31,7-34-14(11)27)8-35-17-22-24-25-26(17)2/h5,11,14H,3-4,6-8H2,1-2H3,(H2,19,20)(H,21,28)(H,30,31)/t11?,14-,18?/m1/s1. The number of carbonyl (C=O) groups excluding carboxylic acids is 2. The molecule has 14 nitrogen and oxygen atoms in total. The number of nitrogen functional groups attached to an aromatic ring is 1. The first-order valence-electron chi connectivity index (χ1n) is 10.5. The molecule has 3 atom stereocenters. The molecule has 4 rings (SSSR count). The topological polar surface area (TPSA) is 191 Å². The zero-order chi connectivity index (χ0) is 25.2. The summed E-state index contributed by atoms with van der Waals surface area (Å²) in [6.07, 6.45) is 0.698. The maximum atomic E-state index is 13.0. The lowest BCUT2D eigenvalue weighted by molar-refractivity contribution is -0.157. The molecule has 4 heterocycles. The number of anilines is 1. The summed E-state index contributed by atoms with van der Waals surface area (Å²) < 4.78 is 1.46. The molecule has 2 fully saturated rings. The minimum Gasteiger partial charge on any atom is -0.481 e. The van der Waals surface area contributed by atoms with E-state index in [2.05, 4.69) is 31.0 Å². The monoisotopic (exact) mass is 541 g/mol. The van der Waals surface area contributed by atoms with Crippen molar-refractivity contribution in [1.82, 2.24) is 35.4 Å². The van der Waals surface area contributed by atoms with Gasteiger partial charge >= 0.3 is 5.97 Å². The Kier molecular flexibility index (Phi) is 7.46. The van der Waals surface area contributed by atoms with E-state index in [-0.39, 0.29) is 40.5 Å². The van der Waals surface area contributed by atoms with Gasteiger partial charge in [-0.15, -0.1) is 28.2 Å². The van der Waals surface area contributed by atoms with Crippen molar-refractivity contribution >= 4 is 63.5 Å². The predicted molar refractivity (Wildman–Crippen MR) is 129 cm³/mol. The quantitative estimate of drug-likeness (QED) is 0.117. The fraction of sp³-hybridized carbons (Fsp3) is 0.556. The van der Waals surface area contributed by atoms with E-state index < -0.39 is 28.7 Å². The highest BCUT2D eigenvalue weighted by atomic mass is 32.2. The first kappa shape index (κ1) is 25.2. The lowest BCUT2D eigenvalue weighted by Gasteiger charge is -2.53. The Morgan fingerprint density at radius 3 is 2.91 bits per heavy atom. The van der Waals surface area contributed by atoms with Gasteiger partial charge in [0.25, 0.3) is 5.91 Å². The van der Waals surface area contributed by atoms with E-state index in [0.717, 1.165) is 11.3 Å². The van der Waals surface area contributed by atoms with Gasteiger partial charge < -0.3 is 25.9 Å². The van der Waals surface area contributed by atoms with Gasteiger partial charge in [0.2, 0.25) is 11.1 Å². The van der Waals surface area contributed by atoms with Crippen LogP contribution in [0.2, 0.25) is 0 Å². The first-order valence-corrected chi connectivity index (χ1v) is 13.4. The number of nitrogens with one attached hydrogen (secondary N) is 1. The Morgan fingerprint density at radius 2 is 2.29 bits per heavy atom. The summed E-state index contributed by atoms with van der Waals surface area (Å²) in [6, 6.07) is -0.817. The average molecular weight is 542 g/mol. The number of tetrazole rings is 1. The van der Waals surface area contributed by atoms with Gasteiger partial charge in [-0.2, -0.15) is 0 Å². The number of aromatic nitrogens is 5. The van der Waals surface area contributed by atoms with Gasteiger partial charge in [0, 0.05) is 30.5 Å². The molecule has 2 saturated heterocycles. The highest BCUT2D eigenvalue weighted by Gasteiger charge is 2.57. The van der Waals surface area contributed by atoms with Crippen molar-refractivity contribution in [2.24, 2.45) is 17.6 Å². The molecule has 0 bridgehead atoms. The first-order chi connectivity index (χ1) is 16.8. The number of oxime groups is 1. The summed E-state index contributed by atoms with van der Waals surface area (Å²) in [5.41, 5.74) is 4.68. The molecular formula is C18H23N9O5S3. The molecule has 2 aromatic rings. The predicted octanol–water partition coefficient (Wildman–Crippen LogP) is -0.357. The number of fused-ring (bicyclic) bond motifs is 1. The van der Waals surface area contributed by atoms with Gasteiger partial charge in [0.15, 0.2) is 10.8 Å². The van der Waals surface area contributed by atoms with Crippen LogP contribution in [0.5, 0.6) is 0 Å². The Balaban J connectivity index is 1.43. The van der Waals surface area contributed by atoms with Crippen LogP contribution in [-0.4, -0.2) is 94.8 Å². The number of carboxylic acids is 1. The number of aliphatic carboxylic acids is 1. The molecule has 17 heteroatoms. The van der Waals surface area contributed by atoms with E-state index in [1.807, 2.05) is 6.92 Å². The third-order valence-electron chi connectivity index (χ3n) is 5.37. The summed E-state index contributed by atoms with van der Waals surface area (Å²) in [7, 11) is 1.67. The largest absolute Gasteiger partial charge is 0.481 e. The normalized spacial score (nSPS) is 24.0. The third kappa shape index (κ3) is 5.06. The maximum Gasteiger partial charge on any atom is 0.313 e. The van der Waals surface area contributed by atoms with Crippen molar-refractivity contribution in [1.29, 1.82) is 0 Å². The number of thioether (sulfide) groups is 2. The van der Waals surface area contributed by atoms with Crippen LogP contribution in [0, 0.1) is 5.41 Å². The van der Waals surface area contributed by atoms with Crippen LogP contribution in [0.25, 0.3) is 0 Å². The van der Waals surface area contributed by atoms with E-state index in [1.54, 1.807) is 12.4 Å². The van der Waals surface area contributed by atoms with Gasteiger partial charge in [-0.1, -0.05) is 23.8 Å². The second-order valence-corrected chi connectivity index (χ2v) is 10.9. The molecule has 35 heavy (non-hydrogen) atoms. The zero-order valence-electron chi connectivity index (χ0n) is 18.8. The van der Waals surface area contributed by atoms with Crippen LogP contribution in [0.15, 0.2) is 15.7 Å². The number of hydrogen-bond donors (Lipinski definition) is 3. The van der Waals surface area contributed by atoms with Crippen molar-refractivity contribution < 1.29 is 24.3 Å². The number of nitrogens with two attached hydrogens (primary N) is 1. The molecule has 2 amide bonds. The van der Waals surface area contributed by atoms with Crippen molar-refractivity contribution in [2.75, 3.05) is 30.4 Å². The number of carbonyl (C=O) groups is 3. The van der Waals surface area contributed by atoms with Crippen LogP contribution < -0.4 is 11.1 Å². The minimum atomic E-state index is -1.18. The average Bonchev–Trinajstić information content (AvgIpc) is 3.46. The fourth-order valence-electron chi connectivity index (χ4n) is 3.46. The number of aryl methyl sites for hydroxylation is 1. The summed E-state index contributed by atoms with van der Waals surface area (Å²) in [5.74, 6) is -1.54. The number of nitrogens with zero attached hydrogens (tertiary/aromatic N) is 7. The molecule has 2 aliphatic rings. The maximum absolute atomic E-state index is 13.0. The highest BCUT2D eigenvalue weighted by molar-refractivity contribution is 8.00. The molecule has 0 aromatic carbocycles. The van der Waals surface area contributed by atoms with E-state index in [9.17, 15) is 19.5 Å². The molecule has 0 aliphatic carbocycles. The van der Waals surface area contributed by atoms with Crippen LogP contribution in [0.3, 0.4) is 0 Å². The molecule has 2 aliphatic heterocycles. The molecule has 0 radical (unpaired) electrons. The van der Waals surface area contributed by atoms with Gasteiger partial charge in [-0.05, 0) is 16.8 Å². The summed E-state index contributed by atoms with van der Waals surface area (Å²) in [5, 5.41) is 29.7. The lowest BCUT2D eigenvalue weighted by Crippen LogP contribution is -2.74. The van der Waals surface area contributed by atoms with Gasteiger partial charge in [-0.25, -0.2) is 9.67 Å². The summed E-state index contributed by atoms with van der Waals surface area (Å²) in [6.45, 7) is 2.23. The summed E-state index contributed by atoms with van der Waals surface area (Å²) in [4.78, 5) is 48.8. The van der Waals surface area contributed by atoms with E-state index in [4.69, 9.17) is 10.6 Å². The summed E-state index contributed by atoms with van der Waals surface area (Å²) >= 11 is 3.68. The highest BCUT2D eigenvalue weighted by Crippen LogP contribution is 2.44. The number of carboxylic acid groups (broad SMARTS) is 1. The van der Waals surface area contributed by atoms with E-state index in [0.29, 0.717) is 18.2 Å². The third-order valence-corrected chi connectivity index (χ3v) is 8.94. The van der Waals surface area contributed by atoms with Crippen molar-refractivity contribution in [2.45, 2.75) is 29.9 Å². The van der Waals surface area contributed by atoms with E-state index in [1.165, 1.54) is 33.1 Å². The zero-order valence-corrected chi connectivity index (χ0v) is 21.2. The molecule has 2 unspecified atom stereocenters. The number of amides is 2. The van der Waals surface area contributed by atoms with Gasteiger partial charge in [0.1, 0.15) is 29.1 Å². The minimum absolute atomic E-state index is 0.0205. The van der Waals surface area contributed by atoms with Crippen LogP contribution >= 0.6 is 34.9 Å². The molecule has 4 N–H and O–H groups in total. The molecule has 188 valence electrons.